The summed E-state index contributed by atoms with van der Waals surface area (Å²) in [4.78, 5) is 55.3. The number of benzene rings is 4. The fourth-order valence-electron chi connectivity index (χ4n) is 6.59. The summed E-state index contributed by atoms with van der Waals surface area (Å²) in [6.45, 7) is 3.08. The molecular weight excluding hydrogens is 728 g/mol. The van der Waals surface area contributed by atoms with Gasteiger partial charge in [0.15, 0.2) is 30.4 Å². The number of aliphatic hydroxyl groups is 1. The fourth-order valence-corrected chi connectivity index (χ4v) is 6.59. The van der Waals surface area contributed by atoms with Crippen LogP contribution >= 0.6 is 0 Å². The van der Waals surface area contributed by atoms with Crippen molar-refractivity contribution in [3.05, 3.63) is 144 Å². The van der Waals surface area contributed by atoms with Crippen molar-refractivity contribution in [1.82, 2.24) is 0 Å². The van der Waals surface area contributed by atoms with Crippen LogP contribution in [0.5, 0.6) is 0 Å². The summed E-state index contributed by atoms with van der Waals surface area (Å²) in [7, 11) is 0. The van der Waals surface area contributed by atoms with Crippen LogP contribution in [-0.4, -0.2) is 96.7 Å². The van der Waals surface area contributed by atoms with Crippen molar-refractivity contribution in [1.29, 1.82) is 0 Å². The quantitative estimate of drug-likeness (QED) is 0.168. The lowest BCUT2D eigenvalue weighted by molar-refractivity contribution is -0.331. The highest BCUT2D eigenvalue weighted by molar-refractivity contribution is 5.91. The van der Waals surface area contributed by atoms with E-state index >= 15 is 0 Å². The van der Waals surface area contributed by atoms with E-state index in [0.717, 1.165) is 0 Å². The van der Waals surface area contributed by atoms with E-state index in [1.807, 2.05) is 0 Å². The van der Waals surface area contributed by atoms with Gasteiger partial charge in [-0.2, -0.15) is 0 Å². The summed E-state index contributed by atoms with van der Waals surface area (Å²) >= 11 is 0. The van der Waals surface area contributed by atoms with Gasteiger partial charge in [-0.3, -0.25) is 0 Å². The third kappa shape index (κ3) is 8.97. The highest BCUT2D eigenvalue weighted by atomic mass is 16.8. The Morgan fingerprint density at radius 2 is 1.14 bits per heavy atom. The predicted octanol–water partition coefficient (Wildman–Crippen LogP) is 4.39. The van der Waals surface area contributed by atoms with Gasteiger partial charge < -0.3 is 47.7 Å². The molecular formula is C42H40O14. The molecule has 0 amide bonds. The Kier molecular flexibility index (Phi) is 11.9. The van der Waals surface area contributed by atoms with E-state index in [0.29, 0.717) is 5.56 Å². The maximum Gasteiger partial charge on any atom is 0.340 e. The SMILES string of the molecule is CC1(C)O[C@@H]2[C@H](O)[C@H](O[C@@H]3[C@@H](OC(=O)c4ccccc4)[C@@H](OC(=O)c4ccccc4)O[C@H](C(=O)OCc4ccccc4)[C@H]3OC(=O)c3ccccc3)OC[C@@H]2O1. The van der Waals surface area contributed by atoms with Gasteiger partial charge in [-0.1, -0.05) is 84.9 Å². The fraction of sp³-hybridized carbons (Fsp3) is 0.333. The molecule has 3 fully saturated rings. The van der Waals surface area contributed by atoms with Crippen molar-refractivity contribution in [3.63, 3.8) is 0 Å². The average molecular weight is 769 g/mol. The van der Waals surface area contributed by atoms with Crippen molar-refractivity contribution >= 4 is 23.9 Å². The van der Waals surface area contributed by atoms with E-state index in [9.17, 15) is 24.3 Å². The Morgan fingerprint density at radius 1 is 0.643 bits per heavy atom. The summed E-state index contributed by atoms with van der Waals surface area (Å²) in [6, 6.07) is 32.6. The van der Waals surface area contributed by atoms with E-state index in [-0.39, 0.29) is 29.9 Å². The first-order valence-electron chi connectivity index (χ1n) is 18.0. The van der Waals surface area contributed by atoms with Gasteiger partial charge in [0.1, 0.15) is 31.0 Å². The Labute approximate surface area is 322 Å². The molecule has 0 radical (unpaired) electrons. The first-order chi connectivity index (χ1) is 27.1. The van der Waals surface area contributed by atoms with Crippen LogP contribution in [0.15, 0.2) is 121 Å². The molecule has 292 valence electrons. The van der Waals surface area contributed by atoms with E-state index in [1.54, 1.807) is 98.8 Å². The molecule has 0 aliphatic carbocycles. The van der Waals surface area contributed by atoms with Gasteiger partial charge in [0.05, 0.1) is 23.3 Å². The second kappa shape index (κ2) is 17.1. The van der Waals surface area contributed by atoms with Crippen LogP contribution < -0.4 is 0 Å². The number of carbonyl (C=O) groups excluding carboxylic acids is 4. The smallest absolute Gasteiger partial charge is 0.340 e. The lowest BCUT2D eigenvalue weighted by atomic mass is 9.96. The molecule has 3 aliphatic heterocycles. The van der Waals surface area contributed by atoms with E-state index in [2.05, 4.69) is 0 Å². The minimum Gasteiger partial charge on any atom is -0.459 e. The van der Waals surface area contributed by atoms with Crippen molar-refractivity contribution < 1.29 is 66.9 Å². The van der Waals surface area contributed by atoms with Crippen molar-refractivity contribution in [2.75, 3.05) is 6.61 Å². The zero-order chi connectivity index (χ0) is 39.2. The molecule has 0 saturated carbocycles. The molecule has 14 nitrogen and oxygen atoms in total. The number of rotatable bonds is 11. The molecule has 56 heavy (non-hydrogen) atoms. The predicted molar refractivity (Wildman–Crippen MR) is 192 cm³/mol. The lowest BCUT2D eigenvalue weighted by Crippen LogP contribution is -2.66. The van der Waals surface area contributed by atoms with Gasteiger partial charge in [-0.15, -0.1) is 0 Å². The van der Waals surface area contributed by atoms with Gasteiger partial charge >= 0.3 is 23.9 Å². The second-order valence-electron chi connectivity index (χ2n) is 13.7. The number of esters is 4. The monoisotopic (exact) mass is 768 g/mol. The number of fused-ring (bicyclic) bond motifs is 1. The molecule has 14 heteroatoms. The van der Waals surface area contributed by atoms with Crippen molar-refractivity contribution in [2.24, 2.45) is 0 Å². The molecule has 4 aromatic carbocycles. The summed E-state index contributed by atoms with van der Waals surface area (Å²) < 4.78 is 53.9. The summed E-state index contributed by atoms with van der Waals surface area (Å²) in [5.74, 6) is -4.78. The van der Waals surface area contributed by atoms with Gasteiger partial charge in [0, 0.05) is 0 Å². The summed E-state index contributed by atoms with van der Waals surface area (Å²) in [5, 5.41) is 11.6. The number of ether oxygens (including phenoxy) is 9. The van der Waals surface area contributed by atoms with Crippen LogP contribution in [-0.2, 0) is 54.0 Å². The molecule has 0 bridgehead atoms. The minimum atomic E-state index is -1.86. The van der Waals surface area contributed by atoms with Crippen molar-refractivity contribution in [3.8, 4) is 0 Å². The molecule has 3 heterocycles. The molecule has 3 aliphatic rings. The number of hydrogen-bond donors (Lipinski definition) is 1. The van der Waals surface area contributed by atoms with Crippen LogP contribution in [0.3, 0.4) is 0 Å². The maximum absolute atomic E-state index is 14.1. The average Bonchev–Trinajstić information content (AvgIpc) is 3.55. The molecule has 4 aromatic rings. The normalized spacial score (nSPS) is 27.9. The molecule has 0 unspecified atom stereocenters. The van der Waals surface area contributed by atoms with Gasteiger partial charge in [-0.25, -0.2) is 19.2 Å². The van der Waals surface area contributed by atoms with Gasteiger partial charge in [0.25, 0.3) is 0 Å². The first-order valence-corrected chi connectivity index (χ1v) is 18.0. The Morgan fingerprint density at radius 3 is 1.70 bits per heavy atom. The summed E-state index contributed by atoms with van der Waals surface area (Å²) in [6.07, 6.45) is -13.5. The van der Waals surface area contributed by atoms with Crippen molar-refractivity contribution in [2.45, 2.75) is 81.5 Å². The molecule has 1 N–H and O–H groups in total. The van der Waals surface area contributed by atoms with Gasteiger partial charge in [-0.05, 0) is 55.8 Å². The zero-order valence-corrected chi connectivity index (χ0v) is 30.4. The van der Waals surface area contributed by atoms with Gasteiger partial charge in [0.2, 0.25) is 6.29 Å². The summed E-state index contributed by atoms with van der Waals surface area (Å²) in [5.41, 5.74) is 0.963. The molecule has 0 aromatic heterocycles. The van der Waals surface area contributed by atoms with Crippen LogP contribution in [0.1, 0.15) is 50.5 Å². The van der Waals surface area contributed by atoms with E-state index < -0.39 is 85.0 Å². The third-order valence-corrected chi connectivity index (χ3v) is 9.24. The number of hydrogen-bond acceptors (Lipinski definition) is 14. The van der Waals surface area contributed by atoms with Crippen LogP contribution in [0.4, 0.5) is 0 Å². The number of carbonyl (C=O) groups is 4. The van der Waals surface area contributed by atoms with Crippen LogP contribution in [0.25, 0.3) is 0 Å². The first kappa shape index (κ1) is 38.8. The van der Waals surface area contributed by atoms with E-state index in [1.165, 1.54) is 36.4 Å². The Hall–Kier alpha value is -5.48. The van der Waals surface area contributed by atoms with Crippen LogP contribution in [0.2, 0.25) is 0 Å². The second-order valence-corrected chi connectivity index (χ2v) is 13.7. The standard InChI is InChI=1S/C42H40O14/c1-42(2)55-29-24-49-40(30(43)31(29)56-42)52-33-32(50-36(44)26-17-9-4-10-18-26)34(39(47)48-23-25-15-7-3-8-16-25)53-41(54-38(46)28-21-13-6-14-22-28)35(33)51-37(45)27-19-11-5-12-20-27/h3-22,29-35,40-41,43H,23-24H2,1-2H3/t29-,30-,31-,32-,33-,34-,35+,40-,41+/m0/s1. The Balaban J connectivity index is 1.29. The minimum absolute atomic E-state index is 0.0864. The molecule has 3 saturated heterocycles. The van der Waals surface area contributed by atoms with E-state index in [4.69, 9.17) is 42.6 Å². The lowest BCUT2D eigenvalue weighted by Gasteiger charge is -2.45. The highest BCUT2D eigenvalue weighted by Gasteiger charge is 2.59. The maximum atomic E-state index is 14.1. The number of aliphatic hydroxyl groups excluding tert-OH is 1. The molecule has 0 spiro atoms. The van der Waals surface area contributed by atoms with Crippen LogP contribution in [0, 0.1) is 0 Å². The largest absolute Gasteiger partial charge is 0.459 e. The molecule has 9 atom stereocenters. The molecule has 7 rings (SSSR count). The topological polar surface area (TPSA) is 172 Å². The highest BCUT2D eigenvalue weighted by Crippen LogP contribution is 2.38. The Bertz CT molecular complexity index is 1960. The third-order valence-electron chi connectivity index (χ3n) is 9.24. The zero-order valence-electron chi connectivity index (χ0n) is 30.4.